The van der Waals surface area contributed by atoms with Gasteiger partial charge in [0.25, 0.3) is 0 Å². The quantitative estimate of drug-likeness (QED) is 0.823. The molecule has 1 aliphatic heterocycles. The Bertz CT molecular complexity index is 417. The maximum atomic E-state index is 6.09. The van der Waals surface area contributed by atoms with Crippen molar-refractivity contribution in [1.82, 2.24) is 0 Å². The van der Waals surface area contributed by atoms with Gasteiger partial charge in [0.2, 0.25) is 0 Å². The zero-order valence-corrected chi connectivity index (χ0v) is 13.6. The van der Waals surface area contributed by atoms with Crippen molar-refractivity contribution in [3.05, 3.63) is 29.8 Å². The van der Waals surface area contributed by atoms with Gasteiger partial charge in [0.05, 0.1) is 23.9 Å². The molecule has 4 heteroatoms. The van der Waals surface area contributed by atoms with Crippen LogP contribution in [-0.2, 0) is 11.3 Å². The lowest BCUT2D eigenvalue weighted by atomic mass is 9.96. The van der Waals surface area contributed by atoms with Crippen molar-refractivity contribution in [2.24, 2.45) is 0 Å². The Labute approximate surface area is 130 Å². The molecule has 20 heavy (non-hydrogen) atoms. The Balaban J connectivity index is 1.45. The second-order valence-corrected chi connectivity index (χ2v) is 8.68. The van der Waals surface area contributed by atoms with Crippen molar-refractivity contribution < 1.29 is 9.47 Å². The summed E-state index contributed by atoms with van der Waals surface area (Å²) in [6.45, 7) is 0.724. The lowest BCUT2D eigenvalue weighted by molar-refractivity contribution is 0.0163. The van der Waals surface area contributed by atoms with Gasteiger partial charge in [0.1, 0.15) is 5.75 Å². The van der Waals surface area contributed by atoms with E-state index >= 15 is 0 Å². The molecular weight excluding hydrogens is 288 g/mol. The highest BCUT2D eigenvalue weighted by Crippen LogP contribution is 2.53. The van der Waals surface area contributed by atoms with Crippen LogP contribution in [0, 0.1) is 0 Å². The predicted octanol–water partition coefficient (Wildman–Crippen LogP) is 4.33. The van der Waals surface area contributed by atoms with Crippen LogP contribution >= 0.6 is 23.5 Å². The van der Waals surface area contributed by atoms with E-state index in [0.717, 1.165) is 12.4 Å². The van der Waals surface area contributed by atoms with Gasteiger partial charge in [-0.2, -0.15) is 0 Å². The number of hydrogen-bond donors (Lipinski definition) is 0. The minimum Gasteiger partial charge on any atom is -0.497 e. The highest BCUT2D eigenvalue weighted by atomic mass is 32.2. The number of hydrogen-bond acceptors (Lipinski definition) is 4. The molecule has 0 radical (unpaired) electrons. The molecule has 1 saturated heterocycles. The van der Waals surface area contributed by atoms with Gasteiger partial charge < -0.3 is 9.47 Å². The summed E-state index contributed by atoms with van der Waals surface area (Å²) in [5, 5.41) is 0. The Hall–Kier alpha value is -0.320. The molecular formula is C16H22O2S2. The third-order valence-electron chi connectivity index (χ3n) is 4.15. The number of thioether (sulfide) groups is 2. The predicted molar refractivity (Wildman–Crippen MR) is 87.7 cm³/mol. The topological polar surface area (TPSA) is 18.5 Å². The minimum atomic E-state index is 0.449. The number of rotatable bonds is 4. The van der Waals surface area contributed by atoms with Gasteiger partial charge in [-0.3, -0.25) is 0 Å². The molecule has 1 aliphatic carbocycles. The molecule has 1 spiro atoms. The molecule has 1 saturated carbocycles. The Morgan fingerprint density at radius 3 is 2.35 bits per heavy atom. The Kier molecular flexibility index (Phi) is 4.84. The molecule has 0 unspecified atom stereocenters. The summed E-state index contributed by atoms with van der Waals surface area (Å²) >= 11 is 4.36. The van der Waals surface area contributed by atoms with Crippen LogP contribution in [0.25, 0.3) is 0 Å². The fraction of sp³-hybridized carbons (Fsp3) is 0.625. The highest BCUT2D eigenvalue weighted by molar-refractivity contribution is 8.21. The van der Waals surface area contributed by atoms with E-state index in [4.69, 9.17) is 9.47 Å². The van der Waals surface area contributed by atoms with E-state index in [9.17, 15) is 0 Å². The molecule has 0 bridgehead atoms. The van der Waals surface area contributed by atoms with E-state index in [1.807, 2.05) is 12.1 Å². The van der Waals surface area contributed by atoms with Gasteiger partial charge in [-0.15, -0.1) is 23.5 Å². The van der Waals surface area contributed by atoms with Gasteiger partial charge in [-0.25, -0.2) is 0 Å². The molecule has 2 aliphatic rings. The third-order valence-corrected chi connectivity index (χ3v) is 7.80. The maximum absolute atomic E-state index is 6.09. The van der Waals surface area contributed by atoms with Crippen molar-refractivity contribution in [2.45, 2.75) is 42.5 Å². The first-order valence-corrected chi connectivity index (χ1v) is 9.29. The molecule has 1 aromatic rings. The average molecular weight is 310 g/mol. The van der Waals surface area contributed by atoms with Gasteiger partial charge in [-0.1, -0.05) is 12.1 Å². The van der Waals surface area contributed by atoms with E-state index in [2.05, 4.69) is 35.7 Å². The molecule has 0 aromatic heterocycles. The third kappa shape index (κ3) is 3.46. The average Bonchev–Trinajstić information content (AvgIpc) is 2.96. The summed E-state index contributed by atoms with van der Waals surface area (Å²) in [5.74, 6) is 3.58. The van der Waals surface area contributed by atoms with E-state index in [1.54, 1.807) is 7.11 Å². The van der Waals surface area contributed by atoms with Crippen LogP contribution in [0.15, 0.2) is 24.3 Å². The molecule has 2 nitrogen and oxygen atoms in total. The number of ether oxygens (including phenoxy) is 2. The molecule has 1 aromatic carbocycles. The van der Waals surface area contributed by atoms with E-state index in [-0.39, 0.29) is 0 Å². The van der Waals surface area contributed by atoms with Crippen LogP contribution in [0.4, 0.5) is 0 Å². The van der Waals surface area contributed by atoms with Crippen LogP contribution in [0.2, 0.25) is 0 Å². The molecule has 1 heterocycles. The second kappa shape index (κ2) is 6.63. The number of methoxy groups -OCH3 is 1. The maximum Gasteiger partial charge on any atom is 0.118 e. The fourth-order valence-corrected chi connectivity index (χ4v) is 6.21. The molecule has 0 amide bonds. The number of benzene rings is 1. The van der Waals surface area contributed by atoms with Crippen molar-refractivity contribution in [3.63, 3.8) is 0 Å². The van der Waals surface area contributed by atoms with Crippen LogP contribution < -0.4 is 4.74 Å². The molecule has 3 rings (SSSR count). The van der Waals surface area contributed by atoms with E-state index in [1.165, 1.54) is 42.8 Å². The lowest BCUT2D eigenvalue weighted by Crippen LogP contribution is -2.29. The van der Waals surface area contributed by atoms with Gasteiger partial charge in [0, 0.05) is 11.5 Å². The summed E-state index contributed by atoms with van der Waals surface area (Å²) in [4.78, 5) is 0. The van der Waals surface area contributed by atoms with Crippen LogP contribution in [0.1, 0.15) is 31.2 Å². The summed E-state index contributed by atoms with van der Waals surface area (Å²) in [6.07, 6.45) is 5.52. The molecule has 2 fully saturated rings. The highest BCUT2D eigenvalue weighted by Gasteiger charge is 2.39. The summed E-state index contributed by atoms with van der Waals surface area (Å²) in [6, 6.07) is 8.18. The van der Waals surface area contributed by atoms with Crippen LogP contribution in [-0.4, -0.2) is 28.8 Å². The van der Waals surface area contributed by atoms with Crippen molar-refractivity contribution in [2.75, 3.05) is 18.6 Å². The first-order chi connectivity index (χ1) is 9.80. The van der Waals surface area contributed by atoms with E-state index < -0.39 is 0 Å². The normalized spacial score (nSPS) is 22.2. The molecule has 0 atom stereocenters. The zero-order valence-electron chi connectivity index (χ0n) is 12.0. The largest absolute Gasteiger partial charge is 0.497 e. The lowest BCUT2D eigenvalue weighted by Gasteiger charge is -2.35. The Morgan fingerprint density at radius 2 is 1.75 bits per heavy atom. The first-order valence-electron chi connectivity index (χ1n) is 7.32. The first kappa shape index (κ1) is 14.6. The zero-order chi connectivity index (χ0) is 13.8. The van der Waals surface area contributed by atoms with Gasteiger partial charge in [-0.05, 0) is 43.4 Å². The SMILES string of the molecule is COc1ccc(COC2CCC3(CC2)SCCS3)cc1. The summed E-state index contributed by atoms with van der Waals surface area (Å²) in [7, 11) is 1.70. The standard InChI is InChI=1S/C16H22O2S2/c1-17-14-4-2-13(3-5-14)12-18-15-6-8-16(9-7-15)19-10-11-20-16/h2-5,15H,6-12H2,1H3. The van der Waals surface area contributed by atoms with Gasteiger partial charge in [0.15, 0.2) is 0 Å². The fourth-order valence-electron chi connectivity index (χ4n) is 2.92. The minimum absolute atomic E-state index is 0.449. The summed E-state index contributed by atoms with van der Waals surface area (Å²) in [5.41, 5.74) is 1.23. The molecule has 110 valence electrons. The van der Waals surface area contributed by atoms with Crippen molar-refractivity contribution in [1.29, 1.82) is 0 Å². The van der Waals surface area contributed by atoms with Gasteiger partial charge >= 0.3 is 0 Å². The van der Waals surface area contributed by atoms with Crippen molar-refractivity contribution >= 4 is 23.5 Å². The summed E-state index contributed by atoms with van der Waals surface area (Å²) < 4.78 is 11.8. The smallest absolute Gasteiger partial charge is 0.118 e. The van der Waals surface area contributed by atoms with Crippen molar-refractivity contribution in [3.8, 4) is 5.75 Å². The van der Waals surface area contributed by atoms with Crippen LogP contribution in [0.5, 0.6) is 5.75 Å². The second-order valence-electron chi connectivity index (χ2n) is 5.47. The van der Waals surface area contributed by atoms with Crippen LogP contribution in [0.3, 0.4) is 0 Å². The van der Waals surface area contributed by atoms with E-state index in [0.29, 0.717) is 10.2 Å². The molecule has 0 N–H and O–H groups in total. The monoisotopic (exact) mass is 310 g/mol. The Morgan fingerprint density at radius 1 is 1.10 bits per heavy atom.